The summed E-state index contributed by atoms with van der Waals surface area (Å²) in [6.45, 7) is 0. The molecule has 0 spiro atoms. The predicted molar refractivity (Wildman–Crippen MR) is 86.3 cm³/mol. The maximum atomic E-state index is 4.52. The summed E-state index contributed by atoms with van der Waals surface area (Å²) in [5.74, 6) is 0. The van der Waals surface area contributed by atoms with Gasteiger partial charge in [0, 0.05) is 10.2 Å². The van der Waals surface area contributed by atoms with Crippen molar-refractivity contribution < 1.29 is 0 Å². The van der Waals surface area contributed by atoms with Crippen molar-refractivity contribution in [1.29, 1.82) is 0 Å². The van der Waals surface area contributed by atoms with Crippen LogP contribution in [0.25, 0.3) is 27.5 Å². The quantitative estimate of drug-likeness (QED) is 0.485. The number of halogens is 1. The molecule has 0 aliphatic rings. The molecule has 0 saturated carbocycles. The van der Waals surface area contributed by atoms with E-state index in [0.29, 0.717) is 0 Å². The molecule has 0 aliphatic heterocycles. The van der Waals surface area contributed by atoms with Crippen molar-refractivity contribution in [1.82, 2.24) is 9.55 Å². The minimum absolute atomic E-state index is 1.02. The molecule has 3 aromatic carbocycles. The number of rotatable bonds is 1. The van der Waals surface area contributed by atoms with E-state index in [2.05, 4.69) is 74.0 Å². The number of aromatic nitrogens is 2. The van der Waals surface area contributed by atoms with Gasteiger partial charge >= 0.3 is 0 Å². The Kier molecular flexibility index (Phi) is 2.60. The van der Waals surface area contributed by atoms with Gasteiger partial charge in [-0.05, 0) is 47.2 Å². The van der Waals surface area contributed by atoms with Crippen molar-refractivity contribution in [2.45, 2.75) is 0 Å². The lowest BCUT2D eigenvalue weighted by Gasteiger charge is -2.05. The molecule has 3 heteroatoms. The van der Waals surface area contributed by atoms with E-state index in [1.807, 2.05) is 18.5 Å². The second-order valence-electron chi connectivity index (χ2n) is 4.78. The summed E-state index contributed by atoms with van der Waals surface area (Å²) in [6.07, 6.45) is 1.88. The molecule has 0 amide bonds. The molecule has 0 aliphatic carbocycles. The third-order valence-corrected chi connectivity index (χ3v) is 4.05. The van der Waals surface area contributed by atoms with Crippen LogP contribution in [0.15, 0.2) is 71.5 Å². The normalized spacial score (nSPS) is 11.2. The van der Waals surface area contributed by atoms with Crippen molar-refractivity contribution in [2.24, 2.45) is 0 Å². The first kappa shape index (κ1) is 11.7. The van der Waals surface area contributed by atoms with E-state index in [-0.39, 0.29) is 0 Å². The lowest BCUT2D eigenvalue weighted by atomic mass is 10.1. The average Bonchev–Trinajstić information content (AvgIpc) is 2.88. The molecule has 0 atom stereocenters. The first-order chi connectivity index (χ1) is 9.81. The van der Waals surface area contributed by atoms with Crippen molar-refractivity contribution in [3.8, 4) is 5.69 Å². The maximum Gasteiger partial charge on any atom is 0.100 e. The van der Waals surface area contributed by atoms with Gasteiger partial charge in [-0.25, -0.2) is 4.98 Å². The molecular weight excluding hydrogens is 312 g/mol. The monoisotopic (exact) mass is 322 g/mol. The molecule has 1 aromatic heterocycles. The van der Waals surface area contributed by atoms with Gasteiger partial charge < -0.3 is 0 Å². The summed E-state index contributed by atoms with van der Waals surface area (Å²) in [7, 11) is 0. The smallest absolute Gasteiger partial charge is 0.100 e. The largest absolute Gasteiger partial charge is 0.299 e. The fourth-order valence-corrected chi connectivity index (χ4v) is 2.77. The number of hydrogen-bond donors (Lipinski definition) is 0. The Hall–Kier alpha value is -2.13. The van der Waals surface area contributed by atoms with E-state index in [4.69, 9.17) is 0 Å². The van der Waals surface area contributed by atoms with Gasteiger partial charge in [-0.2, -0.15) is 0 Å². The zero-order chi connectivity index (χ0) is 13.5. The predicted octanol–water partition coefficient (Wildman–Crippen LogP) is 4.94. The Bertz CT molecular complexity index is 907. The van der Waals surface area contributed by atoms with Gasteiger partial charge in [-0.1, -0.05) is 40.2 Å². The van der Waals surface area contributed by atoms with Gasteiger partial charge in [0.25, 0.3) is 0 Å². The molecule has 4 rings (SSSR count). The van der Waals surface area contributed by atoms with Crippen LogP contribution in [0.1, 0.15) is 0 Å². The van der Waals surface area contributed by atoms with Crippen LogP contribution in [-0.2, 0) is 0 Å². The highest BCUT2D eigenvalue weighted by atomic mass is 79.9. The topological polar surface area (TPSA) is 17.8 Å². The molecular formula is C17H11BrN2. The molecule has 0 fully saturated rings. The Labute approximate surface area is 124 Å². The zero-order valence-electron chi connectivity index (χ0n) is 10.6. The van der Waals surface area contributed by atoms with Crippen LogP contribution in [0.3, 0.4) is 0 Å². The Morgan fingerprint density at radius 3 is 2.30 bits per heavy atom. The van der Waals surface area contributed by atoms with Gasteiger partial charge in [-0.3, -0.25) is 4.57 Å². The van der Waals surface area contributed by atoms with E-state index in [0.717, 1.165) is 21.2 Å². The number of hydrogen-bond acceptors (Lipinski definition) is 1. The van der Waals surface area contributed by atoms with E-state index in [1.54, 1.807) is 0 Å². The van der Waals surface area contributed by atoms with Crippen molar-refractivity contribution in [3.05, 3.63) is 71.5 Å². The molecule has 2 nitrogen and oxygen atoms in total. The van der Waals surface area contributed by atoms with Crippen LogP contribution >= 0.6 is 15.9 Å². The molecule has 20 heavy (non-hydrogen) atoms. The Balaban J connectivity index is 2.00. The van der Waals surface area contributed by atoms with Crippen molar-refractivity contribution in [3.63, 3.8) is 0 Å². The molecule has 0 unspecified atom stereocenters. The highest BCUT2D eigenvalue weighted by Crippen LogP contribution is 2.24. The number of imidazole rings is 1. The third-order valence-electron chi connectivity index (χ3n) is 3.52. The average molecular weight is 323 g/mol. The fraction of sp³-hybridized carbons (Fsp3) is 0. The van der Waals surface area contributed by atoms with Gasteiger partial charge in [0.1, 0.15) is 6.33 Å². The molecule has 0 bridgehead atoms. The highest BCUT2D eigenvalue weighted by molar-refractivity contribution is 9.10. The Morgan fingerprint density at radius 1 is 0.850 bits per heavy atom. The van der Waals surface area contributed by atoms with Gasteiger partial charge in [0.05, 0.1) is 11.0 Å². The molecule has 96 valence electrons. The Morgan fingerprint density at radius 2 is 1.55 bits per heavy atom. The van der Waals surface area contributed by atoms with Gasteiger partial charge in [0.2, 0.25) is 0 Å². The molecule has 0 saturated heterocycles. The second-order valence-corrected chi connectivity index (χ2v) is 5.69. The molecule has 4 aromatic rings. The van der Waals surface area contributed by atoms with Crippen LogP contribution in [-0.4, -0.2) is 9.55 Å². The van der Waals surface area contributed by atoms with E-state index in [1.165, 1.54) is 10.8 Å². The summed E-state index contributed by atoms with van der Waals surface area (Å²) in [5.41, 5.74) is 3.27. The molecule has 0 N–H and O–H groups in total. The standard InChI is InChI=1S/C17H11BrN2/c18-14-5-7-15(8-6-14)20-11-19-16-9-12-3-1-2-4-13(12)10-17(16)20/h1-11H. The van der Waals surface area contributed by atoms with Gasteiger partial charge in [0.15, 0.2) is 0 Å². The van der Waals surface area contributed by atoms with Crippen molar-refractivity contribution in [2.75, 3.05) is 0 Å². The first-order valence-corrected chi connectivity index (χ1v) is 7.22. The summed E-state index contributed by atoms with van der Waals surface area (Å²) in [4.78, 5) is 4.52. The SMILES string of the molecule is Brc1ccc(-n2cnc3cc4ccccc4cc32)cc1. The lowest BCUT2D eigenvalue weighted by molar-refractivity contribution is 1.09. The van der Waals surface area contributed by atoms with Crippen LogP contribution < -0.4 is 0 Å². The minimum Gasteiger partial charge on any atom is -0.299 e. The van der Waals surface area contributed by atoms with Gasteiger partial charge in [-0.15, -0.1) is 0 Å². The summed E-state index contributed by atoms with van der Waals surface area (Å²) in [6, 6.07) is 21.0. The molecule has 0 radical (unpaired) electrons. The summed E-state index contributed by atoms with van der Waals surface area (Å²) < 4.78 is 3.20. The minimum atomic E-state index is 1.02. The fourth-order valence-electron chi connectivity index (χ4n) is 2.50. The van der Waals surface area contributed by atoms with E-state index >= 15 is 0 Å². The van der Waals surface area contributed by atoms with E-state index < -0.39 is 0 Å². The molecule has 1 heterocycles. The van der Waals surface area contributed by atoms with Crippen LogP contribution in [0, 0.1) is 0 Å². The van der Waals surface area contributed by atoms with E-state index in [9.17, 15) is 0 Å². The van der Waals surface area contributed by atoms with Crippen LogP contribution in [0.2, 0.25) is 0 Å². The highest BCUT2D eigenvalue weighted by Gasteiger charge is 2.06. The second kappa shape index (κ2) is 4.46. The summed E-state index contributed by atoms with van der Waals surface area (Å²) in [5, 5.41) is 2.46. The number of fused-ring (bicyclic) bond motifs is 2. The summed E-state index contributed by atoms with van der Waals surface area (Å²) >= 11 is 3.47. The maximum absolute atomic E-state index is 4.52. The number of benzene rings is 3. The lowest BCUT2D eigenvalue weighted by Crippen LogP contribution is -1.91. The third kappa shape index (κ3) is 1.82. The zero-order valence-corrected chi connectivity index (χ0v) is 12.2. The van der Waals surface area contributed by atoms with Crippen LogP contribution in [0.5, 0.6) is 0 Å². The first-order valence-electron chi connectivity index (χ1n) is 6.43. The van der Waals surface area contributed by atoms with Crippen molar-refractivity contribution >= 4 is 37.7 Å². The van der Waals surface area contributed by atoms with Crippen LogP contribution in [0.4, 0.5) is 0 Å². The number of nitrogens with zero attached hydrogens (tertiary/aromatic N) is 2.